The van der Waals surface area contributed by atoms with E-state index < -0.39 is 24.3 Å². The molecule has 0 spiro atoms. The van der Waals surface area contributed by atoms with Gasteiger partial charge in [-0.3, -0.25) is 0 Å². The summed E-state index contributed by atoms with van der Waals surface area (Å²) in [6.07, 6.45) is -0.980. The van der Waals surface area contributed by atoms with Crippen molar-refractivity contribution < 1.29 is 18.7 Å². The molecule has 32 heavy (non-hydrogen) atoms. The number of ether oxygens (including phenoxy) is 2. The van der Waals surface area contributed by atoms with Crippen LogP contribution in [0.25, 0.3) is 22.2 Å². The highest BCUT2D eigenvalue weighted by atomic mass is 35.5. The Kier molecular flexibility index (Phi) is 6.96. The number of aryl methyl sites for hydroxylation is 3. The van der Waals surface area contributed by atoms with Gasteiger partial charge < -0.3 is 14.0 Å². The first kappa shape index (κ1) is 24.2. The number of alkyl halides is 1. The van der Waals surface area contributed by atoms with E-state index in [4.69, 9.17) is 26.1 Å². The predicted molar refractivity (Wildman–Crippen MR) is 126 cm³/mol. The smallest absolute Gasteiger partial charge is 0.339 e. The lowest BCUT2D eigenvalue weighted by molar-refractivity contribution is -0.164. The van der Waals surface area contributed by atoms with Gasteiger partial charge >= 0.3 is 5.97 Å². The highest BCUT2D eigenvalue weighted by Gasteiger charge is 2.34. The van der Waals surface area contributed by atoms with E-state index in [9.17, 15) is 9.18 Å². The molecular formula is C25H30ClFN2O3. The van der Waals surface area contributed by atoms with E-state index in [0.29, 0.717) is 21.9 Å². The van der Waals surface area contributed by atoms with Gasteiger partial charge in [-0.25, -0.2) is 14.2 Å². The number of halogens is 2. The van der Waals surface area contributed by atoms with E-state index in [0.717, 1.165) is 27.8 Å². The van der Waals surface area contributed by atoms with Crippen molar-refractivity contribution in [2.45, 2.75) is 59.8 Å². The van der Waals surface area contributed by atoms with Crippen molar-refractivity contribution >= 4 is 28.6 Å². The summed E-state index contributed by atoms with van der Waals surface area (Å²) in [6.45, 7) is 11.2. The quantitative estimate of drug-likeness (QED) is 0.406. The fourth-order valence-electron chi connectivity index (χ4n) is 4.08. The second kappa shape index (κ2) is 9.20. The topological polar surface area (TPSA) is 53.4 Å². The Balaban J connectivity index is 2.48. The number of hydrogen-bond acceptors (Lipinski definition) is 4. The number of nitrogens with zero attached hydrogens (tertiary/aromatic N) is 2. The first-order valence-corrected chi connectivity index (χ1v) is 10.9. The van der Waals surface area contributed by atoms with Crippen molar-refractivity contribution in [3.8, 4) is 11.1 Å². The summed E-state index contributed by atoms with van der Waals surface area (Å²) >= 11 is 6.16. The molecule has 0 aliphatic carbocycles. The standard InChI is InChI=1S/C25H30ClFN2O3/c1-14-16(3)29(13-12-27)23-19(14)21(17-8-10-18(26)11-9-17)20(15(2)28-23)22(24(30)31-7)32-25(4,5)6/h8-11,22H,12-13H2,1-7H3/t22-/m0/s1. The normalized spacial score (nSPS) is 12.9. The molecular weight excluding hydrogens is 431 g/mol. The Bertz CT molecular complexity index is 1150. The van der Waals surface area contributed by atoms with E-state index in [1.54, 1.807) is 12.1 Å². The molecule has 5 nitrogen and oxygen atoms in total. The van der Waals surface area contributed by atoms with Gasteiger partial charge in [0, 0.05) is 32.9 Å². The Morgan fingerprint density at radius 1 is 1.19 bits per heavy atom. The van der Waals surface area contributed by atoms with Crippen LogP contribution in [0.15, 0.2) is 24.3 Å². The molecule has 0 unspecified atom stereocenters. The van der Waals surface area contributed by atoms with Gasteiger partial charge in [0.1, 0.15) is 12.3 Å². The van der Waals surface area contributed by atoms with Gasteiger partial charge in [-0.1, -0.05) is 23.7 Å². The lowest BCUT2D eigenvalue weighted by Gasteiger charge is -2.28. The Morgan fingerprint density at radius 2 is 1.81 bits per heavy atom. The van der Waals surface area contributed by atoms with E-state index in [1.165, 1.54) is 7.11 Å². The number of hydrogen-bond donors (Lipinski definition) is 0. The Morgan fingerprint density at radius 3 is 2.34 bits per heavy atom. The van der Waals surface area contributed by atoms with Gasteiger partial charge in [-0.05, 0) is 64.8 Å². The van der Waals surface area contributed by atoms with Gasteiger partial charge in [0.2, 0.25) is 0 Å². The number of fused-ring (bicyclic) bond motifs is 1. The molecule has 0 saturated carbocycles. The SMILES string of the molecule is COC(=O)[C@@H](OC(C)(C)C)c1c(C)nc2c(c(C)c(C)n2CCF)c1-c1ccc(Cl)cc1. The molecule has 2 heterocycles. The van der Waals surface area contributed by atoms with Crippen molar-refractivity contribution in [1.82, 2.24) is 9.55 Å². The highest BCUT2D eigenvalue weighted by Crippen LogP contribution is 2.42. The molecule has 1 aromatic carbocycles. The summed E-state index contributed by atoms with van der Waals surface area (Å²) in [6, 6.07) is 7.43. The molecule has 0 amide bonds. The van der Waals surface area contributed by atoms with E-state index in [1.807, 2.05) is 58.2 Å². The van der Waals surface area contributed by atoms with Gasteiger partial charge in [0.15, 0.2) is 6.10 Å². The van der Waals surface area contributed by atoms with Gasteiger partial charge in [-0.15, -0.1) is 0 Å². The molecule has 0 N–H and O–H groups in total. The fraction of sp³-hybridized carbons (Fsp3) is 0.440. The minimum atomic E-state index is -0.980. The first-order chi connectivity index (χ1) is 15.0. The van der Waals surface area contributed by atoms with Crippen LogP contribution in [0.1, 0.15) is 49.4 Å². The number of methoxy groups -OCH3 is 1. The zero-order valence-corrected chi connectivity index (χ0v) is 20.4. The summed E-state index contributed by atoms with van der Waals surface area (Å²) in [5, 5.41) is 1.47. The van der Waals surface area contributed by atoms with Crippen LogP contribution < -0.4 is 0 Å². The Hall–Kier alpha value is -2.44. The van der Waals surface area contributed by atoms with E-state index in [2.05, 4.69) is 0 Å². The van der Waals surface area contributed by atoms with Crippen LogP contribution in [-0.2, 0) is 20.8 Å². The number of carbonyl (C=O) groups is 1. The molecule has 0 fully saturated rings. The fourth-order valence-corrected chi connectivity index (χ4v) is 4.20. The third-order valence-electron chi connectivity index (χ3n) is 5.57. The maximum atomic E-state index is 13.4. The van der Waals surface area contributed by atoms with Crippen molar-refractivity contribution in [2.75, 3.05) is 13.8 Å². The van der Waals surface area contributed by atoms with Crippen LogP contribution in [-0.4, -0.2) is 34.9 Å². The summed E-state index contributed by atoms with van der Waals surface area (Å²) in [7, 11) is 1.34. The maximum Gasteiger partial charge on any atom is 0.339 e. The first-order valence-electron chi connectivity index (χ1n) is 10.6. The third kappa shape index (κ3) is 4.52. The van der Waals surface area contributed by atoms with Crippen molar-refractivity contribution in [3.63, 3.8) is 0 Å². The zero-order valence-electron chi connectivity index (χ0n) is 19.7. The lowest BCUT2D eigenvalue weighted by atomic mass is 9.91. The molecule has 1 atom stereocenters. The van der Waals surface area contributed by atoms with Crippen LogP contribution >= 0.6 is 11.6 Å². The molecule has 7 heteroatoms. The summed E-state index contributed by atoms with van der Waals surface area (Å²) in [5.74, 6) is -0.503. The molecule has 2 aromatic heterocycles. The van der Waals surface area contributed by atoms with Crippen LogP contribution in [0.5, 0.6) is 0 Å². The van der Waals surface area contributed by atoms with Crippen molar-refractivity contribution in [2.24, 2.45) is 0 Å². The second-order valence-corrected chi connectivity index (χ2v) is 9.31. The molecule has 3 rings (SSSR count). The predicted octanol–water partition coefficient (Wildman–Crippen LogP) is 6.28. The number of benzene rings is 1. The summed E-state index contributed by atoms with van der Waals surface area (Å²) in [5.41, 5.74) is 4.94. The maximum absolute atomic E-state index is 13.4. The van der Waals surface area contributed by atoms with Crippen molar-refractivity contribution in [1.29, 1.82) is 0 Å². The van der Waals surface area contributed by atoms with Crippen LogP contribution in [0.2, 0.25) is 5.02 Å². The molecule has 0 aliphatic rings. The highest BCUT2D eigenvalue weighted by molar-refractivity contribution is 6.30. The third-order valence-corrected chi connectivity index (χ3v) is 5.83. The van der Waals surface area contributed by atoms with E-state index >= 15 is 0 Å². The molecule has 0 bridgehead atoms. The molecule has 3 aromatic rings. The minimum Gasteiger partial charge on any atom is -0.467 e. The largest absolute Gasteiger partial charge is 0.467 e. The zero-order chi connectivity index (χ0) is 23.8. The second-order valence-electron chi connectivity index (χ2n) is 8.88. The number of pyridine rings is 1. The van der Waals surface area contributed by atoms with Gasteiger partial charge in [0.25, 0.3) is 0 Å². The number of rotatable bonds is 6. The van der Waals surface area contributed by atoms with Crippen molar-refractivity contribution in [3.05, 3.63) is 51.8 Å². The minimum absolute atomic E-state index is 0.209. The van der Waals surface area contributed by atoms with E-state index in [-0.39, 0.29) is 6.54 Å². The number of carbonyl (C=O) groups excluding carboxylic acids is 1. The monoisotopic (exact) mass is 460 g/mol. The average molecular weight is 461 g/mol. The molecule has 0 radical (unpaired) electrons. The number of esters is 1. The average Bonchev–Trinajstić information content (AvgIpc) is 2.95. The molecule has 0 aliphatic heterocycles. The van der Waals surface area contributed by atoms with Gasteiger partial charge in [0.05, 0.1) is 19.3 Å². The molecule has 0 saturated heterocycles. The Labute approximate surface area is 193 Å². The van der Waals surface area contributed by atoms with Crippen LogP contribution in [0, 0.1) is 20.8 Å². The number of aromatic nitrogens is 2. The van der Waals surface area contributed by atoms with Crippen LogP contribution in [0.3, 0.4) is 0 Å². The summed E-state index contributed by atoms with van der Waals surface area (Å²) in [4.78, 5) is 17.8. The van der Waals surface area contributed by atoms with Gasteiger partial charge in [-0.2, -0.15) is 0 Å². The summed E-state index contributed by atoms with van der Waals surface area (Å²) < 4.78 is 26.6. The molecule has 172 valence electrons. The van der Waals surface area contributed by atoms with Crippen LogP contribution in [0.4, 0.5) is 4.39 Å². The lowest BCUT2D eigenvalue weighted by Crippen LogP contribution is -2.29.